The molecule has 168 valence electrons. The number of phenols is 1. The molecular weight excluding hydrogens is 460 g/mol. The molecule has 0 aliphatic rings. The van der Waals surface area contributed by atoms with Crippen LogP contribution in [0.5, 0.6) is 5.75 Å². The Morgan fingerprint density at radius 1 is 1.19 bits per heavy atom. The first-order valence-corrected chi connectivity index (χ1v) is 11.1. The van der Waals surface area contributed by atoms with Gasteiger partial charge in [-0.05, 0) is 56.3 Å². The first-order valence-electron chi connectivity index (χ1n) is 9.25. The number of nitrogens with one attached hydrogen (secondary N) is 3. The number of sulfonamides is 1. The molecule has 2 amide bonds. The molecule has 0 aliphatic carbocycles. The zero-order valence-corrected chi connectivity index (χ0v) is 18.5. The summed E-state index contributed by atoms with van der Waals surface area (Å²) in [6.07, 6.45) is 0. The van der Waals surface area contributed by atoms with Gasteiger partial charge >= 0.3 is 6.03 Å². The fraction of sp³-hybridized carbons (Fsp3) is 0.158. The Morgan fingerprint density at radius 3 is 2.53 bits per heavy atom. The van der Waals surface area contributed by atoms with Crippen LogP contribution in [0.25, 0.3) is 5.69 Å². The van der Waals surface area contributed by atoms with Crippen molar-refractivity contribution >= 4 is 39.0 Å². The number of carbonyl (C=O) groups is 1. The number of carbonyl (C=O) groups excluding carboxylic acids is 1. The number of aromatic hydroxyl groups is 1. The van der Waals surface area contributed by atoms with Gasteiger partial charge in [0.2, 0.25) is 0 Å². The van der Waals surface area contributed by atoms with Gasteiger partial charge in [0.25, 0.3) is 15.6 Å². The number of aryl methyl sites for hydroxylation is 1. The average molecular weight is 479 g/mol. The minimum absolute atomic E-state index is 0.0342. The van der Waals surface area contributed by atoms with Gasteiger partial charge in [0, 0.05) is 11.6 Å². The molecule has 0 fully saturated rings. The van der Waals surface area contributed by atoms with E-state index in [2.05, 4.69) is 20.6 Å². The second-order valence-electron chi connectivity index (χ2n) is 6.52. The van der Waals surface area contributed by atoms with Crippen LogP contribution in [0.15, 0.2) is 62.4 Å². The molecule has 0 saturated carbocycles. The summed E-state index contributed by atoms with van der Waals surface area (Å²) in [6, 6.07) is 8.86. The van der Waals surface area contributed by atoms with E-state index in [1.165, 1.54) is 4.68 Å². The Morgan fingerprint density at radius 2 is 1.88 bits per heavy atom. The number of amides is 2. The van der Waals surface area contributed by atoms with Crippen LogP contribution in [0.3, 0.4) is 0 Å². The lowest BCUT2D eigenvalue weighted by Gasteiger charge is -2.08. The summed E-state index contributed by atoms with van der Waals surface area (Å²) in [6.45, 7) is 3.48. The first kappa shape index (κ1) is 23.0. The van der Waals surface area contributed by atoms with E-state index in [1.54, 1.807) is 38.1 Å². The van der Waals surface area contributed by atoms with E-state index in [0.29, 0.717) is 16.4 Å². The summed E-state index contributed by atoms with van der Waals surface area (Å²) in [4.78, 5) is 24.0. The minimum Gasteiger partial charge on any atom is -0.506 e. The van der Waals surface area contributed by atoms with Crippen LogP contribution < -0.4 is 15.6 Å². The van der Waals surface area contributed by atoms with E-state index >= 15 is 0 Å². The number of aromatic nitrogens is 2. The molecule has 3 rings (SSSR count). The standard InChI is InChI=1S/C19H19ClN6O5S/c1-3-21-19(29)25-32(30,31)14-8-9-16(27)15(10-14)22-23-17-11(2)24-26(18(17)28)13-6-4-12(20)5-7-13/h4-10,24,27H,3H2,1-2H3,(H2,21,25,29). The summed E-state index contributed by atoms with van der Waals surface area (Å²) in [5.74, 6) is -0.364. The average Bonchev–Trinajstić information content (AvgIpc) is 3.01. The number of azo groups is 1. The van der Waals surface area contributed by atoms with Crippen molar-refractivity contribution in [3.8, 4) is 11.4 Å². The Kier molecular flexibility index (Phi) is 6.65. The summed E-state index contributed by atoms with van der Waals surface area (Å²) >= 11 is 5.87. The van der Waals surface area contributed by atoms with Gasteiger partial charge in [-0.15, -0.1) is 10.2 Å². The van der Waals surface area contributed by atoms with Crippen molar-refractivity contribution in [1.29, 1.82) is 0 Å². The molecule has 0 spiro atoms. The molecule has 4 N–H and O–H groups in total. The van der Waals surface area contributed by atoms with Crippen LogP contribution in [0.2, 0.25) is 5.02 Å². The Hall–Kier alpha value is -3.64. The third-order valence-electron chi connectivity index (χ3n) is 4.20. The van der Waals surface area contributed by atoms with E-state index < -0.39 is 21.6 Å². The molecular formula is C19H19ClN6O5S. The number of aromatic amines is 1. The summed E-state index contributed by atoms with van der Waals surface area (Å²) in [5, 5.41) is 23.5. The maximum Gasteiger partial charge on any atom is 0.328 e. The number of nitrogens with zero attached hydrogens (tertiary/aromatic N) is 3. The van der Waals surface area contributed by atoms with Crippen molar-refractivity contribution in [2.75, 3.05) is 6.54 Å². The maximum absolute atomic E-state index is 12.7. The molecule has 3 aromatic rings. The third-order valence-corrected chi connectivity index (χ3v) is 5.79. The van der Waals surface area contributed by atoms with Gasteiger partial charge in [-0.1, -0.05) is 11.6 Å². The van der Waals surface area contributed by atoms with Crippen molar-refractivity contribution in [1.82, 2.24) is 19.8 Å². The number of hydrogen-bond acceptors (Lipinski definition) is 7. The van der Waals surface area contributed by atoms with Crippen LogP contribution in [-0.2, 0) is 10.0 Å². The second kappa shape index (κ2) is 9.24. The SMILES string of the molecule is CCNC(=O)NS(=O)(=O)c1ccc(O)c(N=Nc2c(C)[nH]n(-c3ccc(Cl)cc3)c2=O)c1. The predicted molar refractivity (Wildman–Crippen MR) is 118 cm³/mol. The number of phenolic OH excluding ortho intramolecular Hbond substituents is 1. The molecule has 0 aliphatic heterocycles. The molecule has 13 heteroatoms. The fourth-order valence-corrected chi connectivity index (χ4v) is 3.73. The number of urea groups is 1. The van der Waals surface area contributed by atoms with E-state index in [0.717, 1.165) is 18.2 Å². The van der Waals surface area contributed by atoms with E-state index in [9.17, 15) is 23.1 Å². The van der Waals surface area contributed by atoms with Gasteiger partial charge in [0.1, 0.15) is 11.4 Å². The van der Waals surface area contributed by atoms with Gasteiger partial charge in [0.05, 0.1) is 16.3 Å². The first-order chi connectivity index (χ1) is 15.1. The lowest BCUT2D eigenvalue weighted by atomic mass is 10.3. The molecule has 32 heavy (non-hydrogen) atoms. The highest BCUT2D eigenvalue weighted by Gasteiger charge is 2.19. The molecule has 1 heterocycles. The smallest absolute Gasteiger partial charge is 0.328 e. The van der Waals surface area contributed by atoms with E-state index in [-0.39, 0.29) is 28.6 Å². The molecule has 0 bridgehead atoms. The van der Waals surface area contributed by atoms with Crippen LogP contribution in [0, 0.1) is 6.92 Å². The summed E-state index contributed by atoms with van der Waals surface area (Å²) in [5.41, 5.74) is 0.177. The van der Waals surface area contributed by atoms with Crippen molar-refractivity contribution < 1.29 is 18.3 Å². The molecule has 11 nitrogen and oxygen atoms in total. The van der Waals surface area contributed by atoms with Crippen molar-refractivity contribution in [3.05, 3.63) is 63.5 Å². The zero-order chi connectivity index (χ0) is 23.5. The van der Waals surface area contributed by atoms with E-state index in [1.807, 2.05) is 4.72 Å². The van der Waals surface area contributed by atoms with Crippen LogP contribution >= 0.6 is 11.6 Å². The van der Waals surface area contributed by atoms with Gasteiger partial charge < -0.3 is 10.4 Å². The van der Waals surface area contributed by atoms with Gasteiger partial charge in [0.15, 0.2) is 5.69 Å². The number of hydrogen-bond donors (Lipinski definition) is 4. The monoisotopic (exact) mass is 478 g/mol. The lowest BCUT2D eigenvalue weighted by molar-refractivity contribution is 0.246. The normalized spacial score (nSPS) is 11.6. The van der Waals surface area contributed by atoms with Crippen LogP contribution in [-0.4, -0.2) is 35.9 Å². The molecule has 1 aromatic heterocycles. The van der Waals surface area contributed by atoms with Crippen molar-refractivity contribution in [3.63, 3.8) is 0 Å². The number of halogens is 1. The summed E-state index contributed by atoms with van der Waals surface area (Å²) in [7, 11) is -4.21. The molecule has 2 aromatic carbocycles. The number of rotatable bonds is 6. The highest BCUT2D eigenvalue weighted by molar-refractivity contribution is 7.90. The minimum atomic E-state index is -4.21. The highest BCUT2D eigenvalue weighted by Crippen LogP contribution is 2.30. The fourth-order valence-electron chi connectivity index (χ4n) is 2.66. The lowest BCUT2D eigenvalue weighted by Crippen LogP contribution is -2.39. The van der Waals surface area contributed by atoms with Crippen LogP contribution in [0.1, 0.15) is 12.6 Å². The Bertz CT molecular complexity index is 1350. The number of benzene rings is 2. The molecule has 0 radical (unpaired) electrons. The van der Waals surface area contributed by atoms with Crippen molar-refractivity contribution in [2.24, 2.45) is 10.2 Å². The predicted octanol–water partition coefficient (Wildman–Crippen LogP) is 3.26. The van der Waals surface area contributed by atoms with E-state index in [4.69, 9.17) is 11.6 Å². The van der Waals surface area contributed by atoms with Crippen molar-refractivity contribution in [2.45, 2.75) is 18.7 Å². The van der Waals surface area contributed by atoms with Gasteiger partial charge in [-0.2, -0.15) is 0 Å². The molecule has 0 saturated heterocycles. The zero-order valence-electron chi connectivity index (χ0n) is 17.0. The second-order valence-corrected chi connectivity index (χ2v) is 8.64. The largest absolute Gasteiger partial charge is 0.506 e. The molecule has 0 unspecified atom stereocenters. The quantitative estimate of drug-likeness (QED) is 0.400. The topological polar surface area (TPSA) is 158 Å². The Balaban J connectivity index is 1.93. The third kappa shape index (κ3) is 4.98. The highest BCUT2D eigenvalue weighted by atomic mass is 35.5. The van der Waals surface area contributed by atoms with Gasteiger partial charge in [-0.3, -0.25) is 9.89 Å². The number of H-pyrrole nitrogens is 1. The summed E-state index contributed by atoms with van der Waals surface area (Å²) < 4.78 is 27.8. The molecule has 0 atom stereocenters. The Labute approximate surface area is 187 Å². The maximum atomic E-state index is 12.7. The van der Waals surface area contributed by atoms with Crippen LogP contribution in [0.4, 0.5) is 16.2 Å². The van der Waals surface area contributed by atoms with Gasteiger partial charge in [-0.25, -0.2) is 22.6 Å².